The first-order valence-electron chi connectivity index (χ1n) is 16.6. The molecule has 0 amide bonds. The lowest BCUT2D eigenvalue weighted by molar-refractivity contribution is 0.00578. The van der Waals surface area contributed by atoms with E-state index in [1.165, 1.54) is 10.9 Å². The first-order valence-corrected chi connectivity index (χ1v) is 17.8. The summed E-state index contributed by atoms with van der Waals surface area (Å²) in [6.07, 6.45) is 8.69. The number of halogens is 2. The number of aryl methyl sites for hydroxylation is 3. The predicted molar refractivity (Wildman–Crippen MR) is 210 cm³/mol. The lowest BCUT2D eigenvalue weighted by Gasteiger charge is -2.32. The summed E-state index contributed by atoms with van der Waals surface area (Å²) in [4.78, 5) is 8.78. The van der Waals surface area contributed by atoms with Crippen LogP contribution in [0, 0.1) is 20.8 Å². The molecule has 0 bridgehead atoms. The molecular weight excluding hydrogens is 727 g/mol. The second-order valence-corrected chi connectivity index (χ2v) is 15.2. The fourth-order valence-corrected chi connectivity index (χ4v) is 6.59. The van der Waals surface area contributed by atoms with Crippen LogP contribution in [0.5, 0.6) is 0 Å². The van der Waals surface area contributed by atoms with Gasteiger partial charge in [-0.25, -0.2) is 0 Å². The molecule has 9 rings (SSSR count). The van der Waals surface area contributed by atoms with Crippen molar-refractivity contribution in [2.45, 2.75) is 59.7 Å². The first kappa shape index (κ1) is 35.0. The molecule has 0 radical (unpaired) electrons. The van der Waals surface area contributed by atoms with Gasteiger partial charge in [0.15, 0.2) is 0 Å². The van der Waals surface area contributed by atoms with E-state index in [0.29, 0.717) is 5.02 Å². The molecule has 0 unspecified atom stereocenters. The van der Waals surface area contributed by atoms with E-state index < -0.39 is 0 Å². The van der Waals surface area contributed by atoms with Crippen LogP contribution in [0.2, 0.25) is 5.02 Å². The Kier molecular flexibility index (Phi) is 9.35. The van der Waals surface area contributed by atoms with Crippen molar-refractivity contribution in [2.75, 3.05) is 0 Å². The zero-order valence-corrected chi connectivity index (χ0v) is 31.8. The van der Waals surface area contributed by atoms with E-state index in [4.69, 9.17) is 34.2 Å². The Morgan fingerprint density at radius 2 is 1.16 bits per heavy atom. The minimum absolute atomic E-state index is 0.307. The normalized spacial score (nSPS) is 14.9. The average Bonchev–Trinajstić information content (AvgIpc) is 3.84. The molecule has 0 atom stereocenters. The quantitative estimate of drug-likeness (QED) is 0.162. The van der Waals surface area contributed by atoms with Crippen LogP contribution < -0.4 is 5.46 Å². The van der Waals surface area contributed by atoms with E-state index in [2.05, 4.69) is 71.8 Å². The van der Waals surface area contributed by atoms with Crippen LogP contribution in [0.25, 0.3) is 55.1 Å². The third-order valence-electron chi connectivity index (χ3n) is 9.66. The van der Waals surface area contributed by atoms with Crippen molar-refractivity contribution in [1.82, 2.24) is 9.97 Å². The maximum atomic E-state index is 6.22. The fraction of sp³-hybridized carbons (Fsp3) is 0.220. The SMILES string of the molecule is Cc1coc2ccc(-c3cc(Cl)cc4nccnc34)cc12.Cc1coc2ccc(B3OC(C)(C)C(C)(C)O3)cc12.Cc1coc2ccc(Br)cc12. The van der Waals surface area contributed by atoms with Crippen molar-refractivity contribution < 1.29 is 22.6 Å². The molecule has 8 aromatic rings. The smallest absolute Gasteiger partial charge is 0.464 e. The molecule has 5 heterocycles. The van der Waals surface area contributed by atoms with Crippen LogP contribution in [0.3, 0.4) is 0 Å². The summed E-state index contributed by atoms with van der Waals surface area (Å²) in [7, 11) is -0.316. The maximum absolute atomic E-state index is 6.22. The standard InChI is InChI=1S/C17H11ClN2O.C15H19BO3.C9H7BrO/c1-10-9-21-16-3-2-11(6-13(10)16)14-7-12(18)8-15-17(14)20-5-4-19-15;1-10-9-17-13-7-6-11(8-12(10)13)16-18-14(2,3)15(4,5)19-16;1-6-5-11-9-3-2-7(10)4-8(6)9/h2-9H,1H3;6-9H,1-5H3;2-5H,1H3. The van der Waals surface area contributed by atoms with E-state index in [1.807, 2.05) is 69.3 Å². The van der Waals surface area contributed by atoms with Crippen LogP contribution >= 0.6 is 27.5 Å². The summed E-state index contributed by atoms with van der Waals surface area (Å²) in [5.74, 6) is 0. The van der Waals surface area contributed by atoms with Crippen molar-refractivity contribution in [3.63, 3.8) is 0 Å². The van der Waals surface area contributed by atoms with Crippen LogP contribution in [-0.2, 0) is 9.31 Å². The average molecular weight is 764 g/mol. The fourth-order valence-electron chi connectivity index (χ4n) is 6.01. The van der Waals surface area contributed by atoms with Crippen LogP contribution in [0.1, 0.15) is 44.4 Å². The monoisotopic (exact) mass is 762 g/mol. The Hall–Kier alpha value is -4.41. The lowest BCUT2D eigenvalue weighted by Crippen LogP contribution is -2.41. The molecule has 1 fully saturated rings. The molecule has 0 N–H and O–H groups in total. The summed E-state index contributed by atoms with van der Waals surface area (Å²) >= 11 is 9.63. The summed E-state index contributed by atoms with van der Waals surface area (Å²) in [6, 6.07) is 21.9. The topological polar surface area (TPSA) is 83.7 Å². The van der Waals surface area contributed by atoms with Crippen LogP contribution in [0.4, 0.5) is 0 Å². The molecule has 0 aliphatic carbocycles. The third-order valence-corrected chi connectivity index (χ3v) is 10.4. The van der Waals surface area contributed by atoms with Gasteiger partial charge >= 0.3 is 7.12 Å². The lowest BCUT2D eigenvalue weighted by atomic mass is 9.78. The highest BCUT2D eigenvalue weighted by atomic mass is 79.9. The predicted octanol–water partition coefficient (Wildman–Crippen LogP) is 11.5. The van der Waals surface area contributed by atoms with Gasteiger partial charge in [-0.05, 0) is 125 Å². The number of hydrogen-bond acceptors (Lipinski definition) is 7. The number of aromatic nitrogens is 2. The Morgan fingerprint density at radius 3 is 1.78 bits per heavy atom. The van der Waals surface area contributed by atoms with E-state index in [0.717, 1.165) is 70.7 Å². The third kappa shape index (κ3) is 6.96. The van der Waals surface area contributed by atoms with Gasteiger partial charge in [0.25, 0.3) is 0 Å². The van der Waals surface area contributed by atoms with Gasteiger partial charge in [-0.1, -0.05) is 45.7 Å². The van der Waals surface area contributed by atoms with Gasteiger partial charge in [0.2, 0.25) is 0 Å². The molecule has 1 aliphatic heterocycles. The van der Waals surface area contributed by atoms with Gasteiger partial charge in [0, 0.05) is 43.6 Å². The van der Waals surface area contributed by atoms with Gasteiger partial charge in [0.1, 0.15) is 16.7 Å². The van der Waals surface area contributed by atoms with Gasteiger partial charge in [-0.2, -0.15) is 0 Å². The summed E-state index contributed by atoms with van der Waals surface area (Å²) in [6.45, 7) is 14.4. The number of furan rings is 3. The largest absolute Gasteiger partial charge is 0.494 e. The summed E-state index contributed by atoms with van der Waals surface area (Å²) < 4.78 is 29.5. The van der Waals surface area contributed by atoms with Crippen molar-refractivity contribution in [3.8, 4) is 11.1 Å². The Labute approximate surface area is 310 Å². The summed E-state index contributed by atoms with van der Waals surface area (Å²) in [5.41, 5.74) is 10.3. The van der Waals surface area contributed by atoms with Crippen molar-refractivity contribution in [1.29, 1.82) is 0 Å². The zero-order valence-electron chi connectivity index (χ0n) is 29.5. The molecular formula is C41H37BBrClN2O5. The number of nitrogens with zero attached hydrogens (tertiary/aromatic N) is 2. The minimum atomic E-state index is -0.316. The zero-order chi connectivity index (χ0) is 36.1. The first-order chi connectivity index (χ1) is 24.3. The molecule has 0 saturated carbocycles. The van der Waals surface area contributed by atoms with E-state index in [1.54, 1.807) is 31.2 Å². The van der Waals surface area contributed by atoms with Crippen molar-refractivity contribution >= 4 is 84.1 Å². The van der Waals surface area contributed by atoms with Gasteiger partial charge in [0.05, 0.1) is 41.0 Å². The highest BCUT2D eigenvalue weighted by molar-refractivity contribution is 9.10. The van der Waals surface area contributed by atoms with E-state index in [9.17, 15) is 0 Å². The number of fused-ring (bicyclic) bond motifs is 4. The Bertz CT molecular complexity index is 2520. The van der Waals surface area contributed by atoms with Gasteiger partial charge < -0.3 is 22.6 Å². The van der Waals surface area contributed by atoms with Gasteiger partial charge in [-0.15, -0.1) is 0 Å². The molecule has 4 aromatic carbocycles. The second kappa shape index (κ2) is 13.6. The van der Waals surface area contributed by atoms with Crippen molar-refractivity contribution in [2.24, 2.45) is 0 Å². The molecule has 4 aromatic heterocycles. The Morgan fingerprint density at radius 1 is 0.627 bits per heavy atom. The molecule has 51 heavy (non-hydrogen) atoms. The maximum Gasteiger partial charge on any atom is 0.494 e. The number of benzene rings is 4. The van der Waals surface area contributed by atoms with Crippen molar-refractivity contribution in [3.05, 3.63) is 124 Å². The summed E-state index contributed by atoms with van der Waals surface area (Å²) in [5, 5.41) is 4.05. The number of rotatable bonds is 2. The number of hydrogen-bond donors (Lipinski definition) is 0. The highest BCUT2D eigenvalue weighted by Gasteiger charge is 2.51. The van der Waals surface area contributed by atoms with Crippen LogP contribution in [0.15, 0.2) is 116 Å². The molecule has 7 nitrogen and oxygen atoms in total. The van der Waals surface area contributed by atoms with Crippen LogP contribution in [-0.4, -0.2) is 28.3 Å². The molecule has 258 valence electrons. The molecule has 10 heteroatoms. The highest BCUT2D eigenvalue weighted by Crippen LogP contribution is 2.37. The Balaban J connectivity index is 0.000000125. The molecule has 0 spiro atoms. The van der Waals surface area contributed by atoms with Gasteiger partial charge in [-0.3, -0.25) is 9.97 Å². The molecule has 1 aliphatic rings. The molecule has 1 saturated heterocycles. The minimum Gasteiger partial charge on any atom is -0.464 e. The second-order valence-electron chi connectivity index (χ2n) is 13.8. The van der Waals surface area contributed by atoms with E-state index in [-0.39, 0.29) is 18.3 Å². The van der Waals surface area contributed by atoms with E-state index >= 15 is 0 Å².